The highest BCUT2D eigenvalue weighted by Crippen LogP contribution is 2.30. The number of urea groups is 1. The van der Waals surface area contributed by atoms with Gasteiger partial charge in [-0.15, -0.1) is 0 Å². The highest BCUT2D eigenvalue weighted by molar-refractivity contribution is 6.08. The lowest BCUT2D eigenvalue weighted by molar-refractivity contribution is -0.139. The van der Waals surface area contributed by atoms with Crippen LogP contribution in [0.1, 0.15) is 12.5 Å². The number of hydrogen-bond donors (Lipinski definition) is 2. The fraction of sp³-hybridized carbons (Fsp3) is 0.125. The molecule has 1 heterocycles. The molecule has 7 heteroatoms. The maximum absolute atomic E-state index is 12.9. The SMILES string of the molecule is C[C@]1(c2ccccc2)NC(=O)N(NC(=O)COc2ccccc2-c2ccccc2)C1=O. The highest BCUT2D eigenvalue weighted by atomic mass is 16.5. The second-order valence-corrected chi connectivity index (χ2v) is 7.25. The molecule has 0 bridgehead atoms. The Morgan fingerprint density at radius 1 is 0.935 bits per heavy atom. The summed E-state index contributed by atoms with van der Waals surface area (Å²) in [5, 5.41) is 3.33. The smallest absolute Gasteiger partial charge is 0.344 e. The van der Waals surface area contributed by atoms with E-state index in [-0.39, 0.29) is 6.61 Å². The summed E-state index contributed by atoms with van der Waals surface area (Å²) in [6.45, 7) is 1.24. The van der Waals surface area contributed by atoms with E-state index in [1.165, 1.54) is 0 Å². The molecule has 0 radical (unpaired) electrons. The topological polar surface area (TPSA) is 87.7 Å². The number of nitrogens with one attached hydrogen (secondary N) is 2. The van der Waals surface area contributed by atoms with E-state index in [4.69, 9.17) is 4.74 Å². The van der Waals surface area contributed by atoms with Crippen LogP contribution >= 0.6 is 0 Å². The molecule has 1 aliphatic rings. The average Bonchev–Trinajstić information content (AvgIpc) is 3.03. The first-order valence-electron chi connectivity index (χ1n) is 9.78. The fourth-order valence-corrected chi connectivity index (χ4v) is 3.46. The van der Waals surface area contributed by atoms with E-state index in [0.29, 0.717) is 16.3 Å². The van der Waals surface area contributed by atoms with Crippen LogP contribution < -0.4 is 15.5 Å². The number of carbonyl (C=O) groups excluding carboxylic acids is 3. The molecule has 4 rings (SSSR count). The summed E-state index contributed by atoms with van der Waals surface area (Å²) in [4.78, 5) is 37.7. The zero-order valence-corrected chi connectivity index (χ0v) is 16.9. The average molecular weight is 415 g/mol. The molecule has 0 aliphatic carbocycles. The number of nitrogens with zero attached hydrogens (tertiary/aromatic N) is 1. The molecule has 3 aromatic rings. The van der Waals surface area contributed by atoms with E-state index < -0.39 is 23.4 Å². The number of benzene rings is 3. The Balaban J connectivity index is 1.44. The zero-order chi connectivity index (χ0) is 21.8. The van der Waals surface area contributed by atoms with Crippen LogP contribution in [0.5, 0.6) is 5.75 Å². The van der Waals surface area contributed by atoms with Crippen LogP contribution in [-0.2, 0) is 15.1 Å². The van der Waals surface area contributed by atoms with Gasteiger partial charge in [0, 0.05) is 5.56 Å². The van der Waals surface area contributed by atoms with Crippen molar-refractivity contribution in [2.75, 3.05) is 6.61 Å². The van der Waals surface area contributed by atoms with Gasteiger partial charge in [-0.2, -0.15) is 5.01 Å². The van der Waals surface area contributed by atoms with Gasteiger partial charge in [-0.05, 0) is 24.1 Å². The van der Waals surface area contributed by atoms with E-state index in [1.54, 1.807) is 37.3 Å². The van der Waals surface area contributed by atoms with Crippen molar-refractivity contribution >= 4 is 17.8 Å². The maximum Gasteiger partial charge on any atom is 0.344 e. The third-order valence-electron chi connectivity index (χ3n) is 5.11. The van der Waals surface area contributed by atoms with Crippen LogP contribution in [0, 0.1) is 0 Å². The third-order valence-corrected chi connectivity index (χ3v) is 5.11. The Bertz CT molecular complexity index is 1120. The van der Waals surface area contributed by atoms with Crippen LogP contribution in [0.2, 0.25) is 0 Å². The number of carbonyl (C=O) groups is 3. The minimum atomic E-state index is -1.26. The summed E-state index contributed by atoms with van der Waals surface area (Å²) in [5.74, 6) is -0.666. The van der Waals surface area contributed by atoms with Crippen molar-refractivity contribution in [3.8, 4) is 16.9 Å². The number of hydrazine groups is 1. The third kappa shape index (κ3) is 3.98. The normalized spacial score (nSPS) is 17.9. The molecule has 0 unspecified atom stereocenters. The molecule has 1 aliphatic heterocycles. The Kier molecular flexibility index (Phi) is 5.41. The predicted octanol–water partition coefficient (Wildman–Crippen LogP) is 3.23. The number of rotatable bonds is 6. The summed E-state index contributed by atoms with van der Waals surface area (Å²) in [6.07, 6.45) is 0. The van der Waals surface area contributed by atoms with E-state index in [9.17, 15) is 14.4 Å². The first kappa shape index (κ1) is 20.2. The molecular weight excluding hydrogens is 394 g/mol. The van der Waals surface area contributed by atoms with Crippen molar-refractivity contribution in [2.45, 2.75) is 12.5 Å². The molecule has 0 saturated carbocycles. The lowest BCUT2D eigenvalue weighted by atomic mass is 9.92. The lowest BCUT2D eigenvalue weighted by Crippen LogP contribution is -2.49. The van der Waals surface area contributed by atoms with Crippen molar-refractivity contribution in [2.24, 2.45) is 0 Å². The molecule has 1 fully saturated rings. The summed E-state index contributed by atoms with van der Waals surface area (Å²) in [7, 11) is 0. The molecule has 156 valence electrons. The van der Waals surface area contributed by atoms with Crippen molar-refractivity contribution in [3.05, 3.63) is 90.5 Å². The standard InChI is InChI=1S/C24H21N3O4/c1-24(18-12-6-3-7-13-18)22(29)27(23(30)25-24)26-21(28)16-31-20-15-9-8-14-19(20)17-10-4-2-5-11-17/h2-15H,16H2,1H3,(H,25,30)(H,26,28)/t24-/m1/s1. The molecular formula is C24H21N3O4. The minimum Gasteiger partial charge on any atom is -0.483 e. The minimum absolute atomic E-state index is 0.358. The van der Waals surface area contributed by atoms with Crippen LogP contribution in [-0.4, -0.2) is 29.5 Å². The molecule has 31 heavy (non-hydrogen) atoms. The molecule has 4 amide bonds. The molecule has 2 N–H and O–H groups in total. The summed E-state index contributed by atoms with van der Waals surface area (Å²) in [5.41, 5.74) is 3.49. The van der Waals surface area contributed by atoms with Gasteiger partial charge in [0.05, 0.1) is 0 Å². The van der Waals surface area contributed by atoms with E-state index >= 15 is 0 Å². The van der Waals surface area contributed by atoms with Gasteiger partial charge in [-0.1, -0.05) is 78.9 Å². The van der Waals surface area contributed by atoms with Crippen molar-refractivity contribution in [3.63, 3.8) is 0 Å². The van der Waals surface area contributed by atoms with Gasteiger partial charge in [0.15, 0.2) is 6.61 Å². The van der Waals surface area contributed by atoms with Gasteiger partial charge in [0.2, 0.25) is 0 Å². The predicted molar refractivity (Wildman–Crippen MR) is 115 cm³/mol. The van der Waals surface area contributed by atoms with Gasteiger partial charge in [0.1, 0.15) is 11.3 Å². The summed E-state index contributed by atoms with van der Waals surface area (Å²) in [6, 6.07) is 25.1. The number of amides is 4. The second kappa shape index (κ2) is 8.31. The molecule has 3 aromatic carbocycles. The number of ether oxygens (including phenoxy) is 1. The number of hydrogen-bond acceptors (Lipinski definition) is 4. The Hall–Kier alpha value is -4.13. The van der Waals surface area contributed by atoms with E-state index in [2.05, 4.69) is 10.7 Å². The van der Waals surface area contributed by atoms with Crippen molar-refractivity contribution in [1.29, 1.82) is 0 Å². The lowest BCUT2D eigenvalue weighted by Gasteiger charge is -2.22. The Morgan fingerprint density at radius 2 is 1.55 bits per heavy atom. The Labute approximate surface area is 179 Å². The van der Waals surface area contributed by atoms with Crippen LogP contribution in [0.4, 0.5) is 4.79 Å². The van der Waals surface area contributed by atoms with Crippen LogP contribution in [0.25, 0.3) is 11.1 Å². The zero-order valence-electron chi connectivity index (χ0n) is 16.9. The van der Waals surface area contributed by atoms with E-state index in [1.807, 2.05) is 54.6 Å². The van der Waals surface area contributed by atoms with Crippen LogP contribution in [0.3, 0.4) is 0 Å². The first-order valence-corrected chi connectivity index (χ1v) is 9.78. The largest absolute Gasteiger partial charge is 0.483 e. The molecule has 1 saturated heterocycles. The number of para-hydroxylation sites is 1. The first-order chi connectivity index (χ1) is 15.0. The molecule has 1 atom stereocenters. The highest BCUT2D eigenvalue weighted by Gasteiger charge is 2.49. The quantitative estimate of drug-likeness (QED) is 0.605. The fourth-order valence-electron chi connectivity index (χ4n) is 3.46. The van der Waals surface area contributed by atoms with Crippen LogP contribution in [0.15, 0.2) is 84.9 Å². The van der Waals surface area contributed by atoms with Gasteiger partial charge < -0.3 is 10.1 Å². The van der Waals surface area contributed by atoms with Crippen molar-refractivity contribution in [1.82, 2.24) is 15.8 Å². The molecule has 7 nitrogen and oxygen atoms in total. The monoisotopic (exact) mass is 415 g/mol. The Morgan fingerprint density at radius 3 is 2.26 bits per heavy atom. The van der Waals surface area contributed by atoms with E-state index in [0.717, 1.165) is 11.1 Å². The summed E-state index contributed by atoms with van der Waals surface area (Å²) < 4.78 is 5.69. The summed E-state index contributed by atoms with van der Waals surface area (Å²) >= 11 is 0. The maximum atomic E-state index is 12.9. The van der Waals surface area contributed by atoms with Gasteiger partial charge in [-0.25, -0.2) is 4.79 Å². The van der Waals surface area contributed by atoms with Gasteiger partial charge >= 0.3 is 6.03 Å². The molecule has 0 spiro atoms. The van der Waals surface area contributed by atoms with Gasteiger partial charge in [0.25, 0.3) is 11.8 Å². The second-order valence-electron chi connectivity index (χ2n) is 7.25. The van der Waals surface area contributed by atoms with Crippen molar-refractivity contribution < 1.29 is 19.1 Å². The number of imide groups is 1. The van der Waals surface area contributed by atoms with Gasteiger partial charge in [-0.3, -0.25) is 15.0 Å². The molecule has 0 aromatic heterocycles.